The lowest BCUT2D eigenvalue weighted by Gasteiger charge is -2.19. The molecule has 0 N–H and O–H groups in total. The average Bonchev–Trinajstić information content (AvgIpc) is 2.78. The SMILES string of the molecule is CCOc1ccccc1COC(=O)c1cccc(S(=O)(=O)N(C)c2ccccc2)c1. The Morgan fingerprint density at radius 1 is 0.933 bits per heavy atom. The van der Waals surface area contributed by atoms with Gasteiger partial charge in [0.25, 0.3) is 10.0 Å². The van der Waals surface area contributed by atoms with Crippen LogP contribution in [-0.2, 0) is 21.4 Å². The first-order valence-electron chi connectivity index (χ1n) is 9.45. The van der Waals surface area contributed by atoms with E-state index in [4.69, 9.17) is 9.47 Å². The van der Waals surface area contributed by atoms with E-state index in [1.54, 1.807) is 30.3 Å². The summed E-state index contributed by atoms with van der Waals surface area (Å²) in [6, 6.07) is 21.8. The zero-order valence-electron chi connectivity index (χ0n) is 16.8. The van der Waals surface area contributed by atoms with Crippen LogP contribution in [0.2, 0.25) is 0 Å². The van der Waals surface area contributed by atoms with Crippen LogP contribution < -0.4 is 9.04 Å². The molecule has 156 valence electrons. The number of rotatable bonds is 8. The van der Waals surface area contributed by atoms with Crippen LogP contribution in [0.4, 0.5) is 5.69 Å². The molecule has 0 radical (unpaired) electrons. The van der Waals surface area contributed by atoms with Crippen LogP contribution >= 0.6 is 0 Å². The van der Waals surface area contributed by atoms with E-state index in [1.807, 2.05) is 31.2 Å². The first kappa shape index (κ1) is 21.4. The normalized spacial score (nSPS) is 11.0. The van der Waals surface area contributed by atoms with Crippen molar-refractivity contribution in [2.24, 2.45) is 0 Å². The van der Waals surface area contributed by atoms with Crippen molar-refractivity contribution in [2.45, 2.75) is 18.4 Å². The second-order valence-electron chi connectivity index (χ2n) is 6.45. The lowest BCUT2D eigenvalue weighted by molar-refractivity contribution is 0.0469. The summed E-state index contributed by atoms with van der Waals surface area (Å²) < 4.78 is 38.0. The minimum atomic E-state index is -3.82. The van der Waals surface area contributed by atoms with Crippen LogP contribution in [0.15, 0.2) is 83.8 Å². The van der Waals surface area contributed by atoms with Crippen molar-refractivity contribution in [1.82, 2.24) is 0 Å². The molecule has 0 amide bonds. The third-order valence-electron chi connectivity index (χ3n) is 4.48. The van der Waals surface area contributed by atoms with Crippen molar-refractivity contribution in [3.8, 4) is 5.75 Å². The van der Waals surface area contributed by atoms with Crippen molar-refractivity contribution in [3.05, 3.63) is 90.0 Å². The third kappa shape index (κ3) is 4.80. The van der Waals surface area contributed by atoms with Gasteiger partial charge in [0, 0.05) is 12.6 Å². The number of carbonyl (C=O) groups is 1. The molecule has 7 heteroatoms. The van der Waals surface area contributed by atoms with E-state index in [0.717, 1.165) is 5.56 Å². The lowest BCUT2D eigenvalue weighted by atomic mass is 10.2. The van der Waals surface area contributed by atoms with Gasteiger partial charge in [-0.3, -0.25) is 4.31 Å². The van der Waals surface area contributed by atoms with Gasteiger partial charge >= 0.3 is 5.97 Å². The Morgan fingerprint density at radius 3 is 2.37 bits per heavy atom. The van der Waals surface area contributed by atoms with Crippen LogP contribution in [-0.4, -0.2) is 28.0 Å². The van der Waals surface area contributed by atoms with Gasteiger partial charge in [0.15, 0.2) is 0 Å². The number of sulfonamides is 1. The predicted molar refractivity (Wildman–Crippen MR) is 115 cm³/mol. The van der Waals surface area contributed by atoms with E-state index in [-0.39, 0.29) is 17.1 Å². The molecule has 0 saturated carbocycles. The standard InChI is InChI=1S/C23H23NO5S/c1-3-28-22-15-8-7-10-19(22)17-29-23(25)18-11-9-14-21(16-18)30(26,27)24(2)20-12-5-4-6-13-20/h4-16H,3,17H2,1-2H3. The topological polar surface area (TPSA) is 72.9 Å². The molecule has 3 aromatic carbocycles. The Bertz CT molecular complexity index is 1110. The number of benzene rings is 3. The van der Waals surface area contributed by atoms with E-state index in [1.165, 1.54) is 35.6 Å². The largest absolute Gasteiger partial charge is 0.493 e. The van der Waals surface area contributed by atoms with Gasteiger partial charge < -0.3 is 9.47 Å². The second-order valence-corrected chi connectivity index (χ2v) is 8.42. The van der Waals surface area contributed by atoms with Crippen molar-refractivity contribution >= 4 is 21.7 Å². The summed E-state index contributed by atoms with van der Waals surface area (Å²) in [5.74, 6) is 0.0364. The van der Waals surface area contributed by atoms with Gasteiger partial charge in [-0.1, -0.05) is 42.5 Å². The predicted octanol–water partition coefficient (Wildman–Crippen LogP) is 4.27. The third-order valence-corrected chi connectivity index (χ3v) is 6.26. The fourth-order valence-electron chi connectivity index (χ4n) is 2.86. The molecule has 0 saturated heterocycles. The van der Waals surface area contributed by atoms with Crippen molar-refractivity contribution < 1.29 is 22.7 Å². The van der Waals surface area contributed by atoms with Gasteiger partial charge in [0.1, 0.15) is 12.4 Å². The average molecular weight is 426 g/mol. The van der Waals surface area contributed by atoms with Crippen molar-refractivity contribution in [1.29, 1.82) is 0 Å². The highest BCUT2D eigenvalue weighted by Gasteiger charge is 2.22. The number of hydrogen-bond donors (Lipinski definition) is 0. The monoisotopic (exact) mass is 425 g/mol. The molecule has 0 spiro atoms. The van der Waals surface area contributed by atoms with E-state index >= 15 is 0 Å². The van der Waals surface area contributed by atoms with Gasteiger partial charge in [0.05, 0.1) is 22.8 Å². The summed E-state index contributed by atoms with van der Waals surface area (Å²) in [6.07, 6.45) is 0. The Hall–Kier alpha value is -3.32. The van der Waals surface area contributed by atoms with Gasteiger partial charge in [-0.15, -0.1) is 0 Å². The summed E-state index contributed by atoms with van der Waals surface area (Å²) >= 11 is 0. The molecule has 0 atom stereocenters. The second kappa shape index (κ2) is 9.45. The van der Waals surface area contributed by atoms with E-state index in [2.05, 4.69) is 0 Å². The number of esters is 1. The number of para-hydroxylation sites is 2. The molecule has 0 bridgehead atoms. The van der Waals surface area contributed by atoms with Crippen LogP contribution in [0, 0.1) is 0 Å². The van der Waals surface area contributed by atoms with E-state index in [0.29, 0.717) is 18.0 Å². The van der Waals surface area contributed by atoms with Gasteiger partial charge in [0.2, 0.25) is 0 Å². The maximum absolute atomic E-state index is 13.0. The van der Waals surface area contributed by atoms with Crippen LogP contribution in [0.3, 0.4) is 0 Å². The van der Waals surface area contributed by atoms with Crippen molar-refractivity contribution in [2.75, 3.05) is 18.0 Å². The molecular weight excluding hydrogens is 402 g/mol. The smallest absolute Gasteiger partial charge is 0.338 e. The number of carbonyl (C=O) groups excluding carboxylic acids is 1. The van der Waals surface area contributed by atoms with E-state index in [9.17, 15) is 13.2 Å². The van der Waals surface area contributed by atoms with Gasteiger partial charge in [-0.2, -0.15) is 0 Å². The minimum Gasteiger partial charge on any atom is -0.493 e. The molecule has 0 heterocycles. The van der Waals surface area contributed by atoms with Crippen LogP contribution in [0.1, 0.15) is 22.8 Å². The van der Waals surface area contributed by atoms with Crippen LogP contribution in [0.5, 0.6) is 5.75 Å². The number of ether oxygens (including phenoxy) is 2. The maximum Gasteiger partial charge on any atom is 0.338 e. The molecule has 30 heavy (non-hydrogen) atoms. The highest BCUT2D eigenvalue weighted by atomic mass is 32.2. The molecule has 0 aliphatic carbocycles. The fraction of sp³-hybridized carbons (Fsp3) is 0.174. The zero-order valence-corrected chi connectivity index (χ0v) is 17.6. The molecule has 0 aliphatic heterocycles. The van der Waals surface area contributed by atoms with E-state index < -0.39 is 16.0 Å². The quantitative estimate of drug-likeness (QED) is 0.504. The molecule has 0 aliphatic rings. The molecular formula is C23H23NO5S. The molecule has 0 unspecified atom stereocenters. The molecule has 0 fully saturated rings. The van der Waals surface area contributed by atoms with Crippen LogP contribution in [0.25, 0.3) is 0 Å². The highest BCUT2D eigenvalue weighted by molar-refractivity contribution is 7.92. The zero-order chi connectivity index (χ0) is 21.6. The lowest BCUT2D eigenvalue weighted by Crippen LogP contribution is -2.26. The van der Waals surface area contributed by atoms with Gasteiger partial charge in [-0.25, -0.2) is 13.2 Å². The Kier molecular flexibility index (Phi) is 6.74. The number of hydrogen-bond acceptors (Lipinski definition) is 5. The summed E-state index contributed by atoms with van der Waals surface area (Å²) in [5.41, 5.74) is 1.42. The summed E-state index contributed by atoms with van der Waals surface area (Å²) in [6.45, 7) is 2.40. The maximum atomic E-state index is 13.0. The molecule has 6 nitrogen and oxygen atoms in total. The van der Waals surface area contributed by atoms with Gasteiger partial charge in [-0.05, 0) is 43.3 Å². The first-order chi connectivity index (χ1) is 14.4. The number of nitrogens with zero attached hydrogens (tertiary/aromatic N) is 1. The summed E-state index contributed by atoms with van der Waals surface area (Å²) in [4.78, 5) is 12.5. The summed E-state index contributed by atoms with van der Waals surface area (Å²) in [5, 5.41) is 0. The first-order valence-corrected chi connectivity index (χ1v) is 10.9. The Labute approximate surface area is 176 Å². The summed E-state index contributed by atoms with van der Waals surface area (Å²) in [7, 11) is -2.35. The minimum absolute atomic E-state index is 0.0121. The molecule has 0 aromatic heterocycles. The Balaban J connectivity index is 1.77. The fourth-order valence-corrected chi connectivity index (χ4v) is 4.11. The Morgan fingerprint density at radius 2 is 1.63 bits per heavy atom. The molecule has 3 rings (SSSR count). The molecule has 3 aromatic rings. The number of anilines is 1. The highest BCUT2D eigenvalue weighted by Crippen LogP contribution is 2.23. The van der Waals surface area contributed by atoms with Crippen molar-refractivity contribution in [3.63, 3.8) is 0 Å².